The Morgan fingerprint density at radius 1 is 1.86 bits per heavy atom. The molecule has 3 heteroatoms. The SMILES string of the molecule is CC(=N)CC(N)=O. The smallest absolute Gasteiger partial charge is 0.223 e. The van der Waals surface area contributed by atoms with Gasteiger partial charge in [0.25, 0.3) is 0 Å². The Morgan fingerprint density at radius 2 is 2.29 bits per heavy atom. The molecule has 0 saturated heterocycles. The number of carbonyl (C=O) groups is 1. The van der Waals surface area contributed by atoms with Gasteiger partial charge in [-0.25, -0.2) is 0 Å². The van der Waals surface area contributed by atoms with Crippen LogP contribution in [0.15, 0.2) is 0 Å². The number of hydrogen-bond acceptors (Lipinski definition) is 2. The van der Waals surface area contributed by atoms with Gasteiger partial charge in [0.15, 0.2) is 0 Å². The molecule has 0 aliphatic carbocycles. The lowest BCUT2D eigenvalue weighted by atomic mass is 10.3. The van der Waals surface area contributed by atoms with Crippen LogP contribution in [0.3, 0.4) is 0 Å². The van der Waals surface area contributed by atoms with E-state index in [1.165, 1.54) is 0 Å². The Balaban J connectivity index is 3.32. The Hall–Kier alpha value is -0.860. The molecule has 0 heterocycles. The number of amides is 1. The monoisotopic (exact) mass is 100 g/mol. The first kappa shape index (κ1) is 6.14. The second-order valence-electron chi connectivity index (χ2n) is 1.42. The molecule has 3 N–H and O–H groups in total. The van der Waals surface area contributed by atoms with E-state index in [0.29, 0.717) is 5.71 Å². The lowest BCUT2D eigenvalue weighted by Crippen LogP contribution is -2.13. The predicted octanol–water partition coefficient (Wildman–Crippen LogP) is -0.0985. The quantitative estimate of drug-likeness (QED) is 0.467. The van der Waals surface area contributed by atoms with Crippen LogP contribution < -0.4 is 5.73 Å². The summed E-state index contributed by atoms with van der Waals surface area (Å²) in [5.74, 6) is -0.437. The van der Waals surface area contributed by atoms with Gasteiger partial charge in [0.2, 0.25) is 5.91 Å². The summed E-state index contributed by atoms with van der Waals surface area (Å²) in [6, 6.07) is 0. The molecule has 0 fully saturated rings. The predicted molar refractivity (Wildman–Crippen MR) is 27.2 cm³/mol. The summed E-state index contributed by atoms with van der Waals surface area (Å²) in [6.07, 6.45) is 0.0833. The molecule has 0 aliphatic rings. The summed E-state index contributed by atoms with van der Waals surface area (Å²) in [4.78, 5) is 9.89. The van der Waals surface area contributed by atoms with Crippen molar-refractivity contribution in [3.63, 3.8) is 0 Å². The van der Waals surface area contributed by atoms with E-state index in [1.807, 2.05) is 0 Å². The van der Waals surface area contributed by atoms with Gasteiger partial charge in [0.05, 0.1) is 6.42 Å². The van der Waals surface area contributed by atoms with Crippen LogP contribution in [0.25, 0.3) is 0 Å². The van der Waals surface area contributed by atoms with E-state index < -0.39 is 5.91 Å². The number of primary amides is 1. The van der Waals surface area contributed by atoms with E-state index in [2.05, 4.69) is 0 Å². The van der Waals surface area contributed by atoms with Gasteiger partial charge in [0, 0.05) is 5.71 Å². The summed E-state index contributed by atoms with van der Waals surface area (Å²) >= 11 is 0. The van der Waals surface area contributed by atoms with Crippen LogP contribution in [0.5, 0.6) is 0 Å². The summed E-state index contributed by atoms with van der Waals surface area (Å²) in [5.41, 5.74) is 5.03. The first-order valence-electron chi connectivity index (χ1n) is 1.95. The maximum Gasteiger partial charge on any atom is 0.223 e. The van der Waals surface area contributed by atoms with E-state index in [4.69, 9.17) is 11.1 Å². The molecule has 0 unspecified atom stereocenters. The lowest BCUT2D eigenvalue weighted by Gasteiger charge is -1.85. The molecule has 1 amide bonds. The number of nitrogens with one attached hydrogen (secondary N) is 1. The highest BCUT2D eigenvalue weighted by Gasteiger charge is 1.91. The van der Waals surface area contributed by atoms with Crippen LogP contribution in [0, 0.1) is 5.41 Å². The van der Waals surface area contributed by atoms with Crippen LogP contribution in [0.2, 0.25) is 0 Å². The second kappa shape index (κ2) is 2.34. The average Bonchev–Trinajstić information content (AvgIpc) is 1.27. The highest BCUT2D eigenvalue weighted by Crippen LogP contribution is 1.76. The minimum absolute atomic E-state index is 0.0833. The number of carbonyl (C=O) groups excluding carboxylic acids is 1. The van der Waals surface area contributed by atoms with Gasteiger partial charge in [-0.15, -0.1) is 0 Å². The lowest BCUT2D eigenvalue weighted by molar-refractivity contribution is -0.116. The van der Waals surface area contributed by atoms with Crippen molar-refractivity contribution >= 4 is 11.6 Å². The maximum atomic E-state index is 9.89. The fourth-order valence-electron chi connectivity index (χ4n) is 0.261. The molecule has 0 spiro atoms. The van der Waals surface area contributed by atoms with Crippen molar-refractivity contribution in [3.05, 3.63) is 0 Å². The highest BCUT2D eigenvalue weighted by atomic mass is 16.1. The zero-order valence-corrected chi connectivity index (χ0v) is 4.19. The molecule has 0 atom stereocenters. The molecule has 0 aromatic carbocycles. The van der Waals surface area contributed by atoms with Crippen molar-refractivity contribution in [3.8, 4) is 0 Å². The van der Waals surface area contributed by atoms with E-state index in [9.17, 15) is 4.79 Å². The first-order chi connectivity index (χ1) is 3.13. The Kier molecular flexibility index (Phi) is 2.05. The van der Waals surface area contributed by atoms with Crippen LogP contribution in [0.1, 0.15) is 13.3 Å². The summed E-state index contributed by atoms with van der Waals surface area (Å²) < 4.78 is 0. The van der Waals surface area contributed by atoms with Crippen molar-refractivity contribution < 1.29 is 4.79 Å². The number of hydrogen-bond donors (Lipinski definition) is 2. The largest absolute Gasteiger partial charge is 0.369 e. The van der Waals surface area contributed by atoms with Gasteiger partial charge in [-0.05, 0) is 6.92 Å². The molecule has 0 saturated carbocycles. The normalized spacial score (nSPS) is 8.14. The van der Waals surface area contributed by atoms with Gasteiger partial charge < -0.3 is 11.1 Å². The third kappa shape index (κ3) is 5.14. The zero-order chi connectivity index (χ0) is 5.86. The van der Waals surface area contributed by atoms with Gasteiger partial charge >= 0.3 is 0 Å². The third-order valence-electron chi connectivity index (χ3n) is 0.439. The van der Waals surface area contributed by atoms with E-state index in [0.717, 1.165) is 0 Å². The molecule has 40 valence electrons. The van der Waals surface area contributed by atoms with Crippen LogP contribution >= 0.6 is 0 Å². The highest BCUT2D eigenvalue weighted by molar-refractivity contribution is 5.97. The summed E-state index contributed by atoms with van der Waals surface area (Å²) in [7, 11) is 0. The van der Waals surface area contributed by atoms with Crippen molar-refractivity contribution in [2.45, 2.75) is 13.3 Å². The topological polar surface area (TPSA) is 66.9 Å². The Bertz CT molecular complexity index is 85.9. The van der Waals surface area contributed by atoms with Crippen molar-refractivity contribution in [1.82, 2.24) is 0 Å². The number of rotatable bonds is 2. The molecule has 0 aliphatic heterocycles. The molecule has 7 heavy (non-hydrogen) atoms. The fourth-order valence-corrected chi connectivity index (χ4v) is 0.261. The van der Waals surface area contributed by atoms with Crippen LogP contribution in [-0.4, -0.2) is 11.6 Å². The molecule has 0 bridgehead atoms. The zero-order valence-electron chi connectivity index (χ0n) is 4.19. The Labute approximate surface area is 42.0 Å². The average molecular weight is 100 g/mol. The molecule has 3 nitrogen and oxygen atoms in total. The van der Waals surface area contributed by atoms with Crippen LogP contribution in [-0.2, 0) is 4.79 Å². The standard InChI is InChI=1S/C4H8N2O/c1-3(5)2-4(6)7/h5H,2H2,1H3,(H2,6,7). The number of nitrogens with two attached hydrogens (primary N) is 1. The first-order valence-corrected chi connectivity index (χ1v) is 1.95. The molecular weight excluding hydrogens is 92.1 g/mol. The summed E-state index contributed by atoms with van der Waals surface area (Å²) in [6.45, 7) is 1.55. The second-order valence-corrected chi connectivity index (χ2v) is 1.42. The van der Waals surface area contributed by atoms with Crippen molar-refractivity contribution in [2.24, 2.45) is 5.73 Å². The van der Waals surface area contributed by atoms with Gasteiger partial charge in [-0.2, -0.15) is 0 Å². The van der Waals surface area contributed by atoms with E-state index in [1.54, 1.807) is 6.92 Å². The molecule has 0 aromatic heterocycles. The fraction of sp³-hybridized carbons (Fsp3) is 0.500. The molecular formula is C4H8N2O. The minimum atomic E-state index is -0.437. The maximum absolute atomic E-state index is 9.89. The molecule has 0 radical (unpaired) electrons. The van der Waals surface area contributed by atoms with Gasteiger partial charge in [0.1, 0.15) is 0 Å². The summed E-state index contributed by atoms with van der Waals surface area (Å²) in [5, 5.41) is 6.72. The van der Waals surface area contributed by atoms with E-state index in [-0.39, 0.29) is 6.42 Å². The molecule has 0 rings (SSSR count). The van der Waals surface area contributed by atoms with Gasteiger partial charge in [-0.3, -0.25) is 4.79 Å². The van der Waals surface area contributed by atoms with Crippen molar-refractivity contribution in [2.75, 3.05) is 0 Å². The van der Waals surface area contributed by atoms with Gasteiger partial charge in [-0.1, -0.05) is 0 Å². The molecule has 0 aromatic rings. The Morgan fingerprint density at radius 3 is 2.29 bits per heavy atom. The third-order valence-corrected chi connectivity index (χ3v) is 0.439. The van der Waals surface area contributed by atoms with Crippen LogP contribution in [0.4, 0.5) is 0 Å². The van der Waals surface area contributed by atoms with E-state index >= 15 is 0 Å². The minimum Gasteiger partial charge on any atom is -0.369 e. The van der Waals surface area contributed by atoms with Crippen molar-refractivity contribution in [1.29, 1.82) is 5.41 Å².